The monoisotopic (exact) mass is 399 g/mol. The summed E-state index contributed by atoms with van der Waals surface area (Å²) in [6.45, 7) is 0.684. The number of carbonyl (C=O) groups is 1. The zero-order valence-corrected chi connectivity index (χ0v) is 14.7. The number of hydrogen-bond donors (Lipinski definition) is 1. The van der Waals surface area contributed by atoms with Crippen molar-refractivity contribution in [2.24, 2.45) is 0 Å². The lowest BCUT2D eigenvalue weighted by atomic mass is 10.1. The third-order valence-electron chi connectivity index (χ3n) is 3.84. The zero-order valence-electron chi connectivity index (χ0n) is 13.1. The highest BCUT2D eigenvalue weighted by atomic mass is 79.9. The van der Waals surface area contributed by atoms with Crippen LogP contribution in [0.25, 0.3) is 0 Å². The maximum atomic E-state index is 12.6. The van der Waals surface area contributed by atoms with E-state index in [1.165, 1.54) is 0 Å². The van der Waals surface area contributed by atoms with Gasteiger partial charge in [-0.3, -0.25) is 4.79 Å². The molecule has 2 heterocycles. The second kappa shape index (κ2) is 6.60. The normalized spacial score (nSPS) is 12.2. The number of nitrogens with one attached hydrogen (secondary N) is 1. The minimum Gasteiger partial charge on any atom is -0.454 e. The van der Waals surface area contributed by atoms with Crippen LogP contribution in [0.4, 0.5) is 5.82 Å². The van der Waals surface area contributed by atoms with Crippen LogP contribution in [0, 0.1) is 0 Å². The van der Waals surface area contributed by atoms with E-state index in [4.69, 9.17) is 9.47 Å². The minimum atomic E-state index is -0.264. The Morgan fingerprint density at radius 3 is 2.84 bits per heavy atom. The van der Waals surface area contributed by atoms with E-state index in [1.807, 2.05) is 24.3 Å². The van der Waals surface area contributed by atoms with Crippen LogP contribution < -0.4 is 14.8 Å². The maximum Gasteiger partial charge on any atom is 0.260 e. The molecule has 0 atom stereocenters. The number of hydrogen-bond acceptors (Lipinski definition) is 4. The van der Waals surface area contributed by atoms with Crippen molar-refractivity contribution in [2.75, 3.05) is 12.1 Å². The van der Waals surface area contributed by atoms with Crippen LogP contribution in [0.1, 0.15) is 15.9 Å². The Labute approximate surface area is 152 Å². The Kier molecular flexibility index (Phi) is 4.15. The van der Waals surface area contributed by atoms with Crippen molar-refractivity contribution in [3.05, 3.63) is 70.3 Å². The molecule has 0 unspecified atom stereocenters. The molecule has 2 aromatic carbocycles. The van der Waals surface area contributed by atoms with Crippen LogP contribution in [0.5, 0.6) is 11.5 Å². The molecular weight excluding hydrogens is 386 g/mol. The average Bonchev–Trinajstić information content (AvgIpc) is 3.26. The van der Waals surface area contributed by atoms with E-state index in [9.17, 15) is 4.79 Å². The fourth-order valence-electron chi connectivity index (χ4n) is 2.62. The van der Waals surface area contributed by atoms with Crippen molar-refractivity contribution in [3.8, 4) is 11.5 Å². The molecular formula is C18H14BrN3O3. The largest absolute Gasteiger partial charge is 0.454 e. The van der Waals surface area contributed by atoms with Crippen molar-refractivity contribution < 1.29 is 14.3 Å². The molecule has 0 radical (unpaired) electrons. The lowest BCUT2D eigenvalue weighted by Gasteiger charge is -2.10. The van der Waals surface area contributed by atoms with Crippen molar-refractivity contribution in [1.29, 1.82) is 0 Å². The van der Waals surface area contributed by atoms with Gasteiger partial charge >= 0.3 is 0 Å². The quantitative estimate of drug-likeness (QED) is 0.726. The summed E-state index contributed by atoms with van der Waals surface area (Å²) < 4.78 is 13.5. The molecule has 126 valence electrons. The van der Waals surface area contributed by atoms with Gasteiger partial charge in [0.25, 0.3) is 5.91 Å². The first-order valence-corrected chi connectivity index (χ1v) is 8.46. The smallest absolute Gasteiger partial charge is 0.260 e. The molecule has 0 saturated carbocycles. The van der Waals surface area contributed by atoms with E-state index in [2.05, 4.69) is 26.3 Å². The summed E-state index contributed by atoms with van der Waals surface area (Å²) in [5, 5.41) is 7.17. The fourth-order valence-corrected chi connectivity index (χ4v) is 2.88. The maximum absolute atomic E-state index is 12.6. The molecule has 6 nitrogen and oxygen atoms in total. The highest BCUT2D eigenvalue weighted by Gasteiger charge is 2.22. The number of para-hydroxylation sites is 1. The van der Waals surface area contributed by atoms with Gasteiger partial charge in [0, 0.05) is 10.5 Å². The second-order valence-electron chi connectivity index (χ2n) is 5.49. The zero-order chi connectivity index (χ0) is 17.2. The number of amides is 1. The van der Waals surface area contributed by atoms with E-state index in [-0.39, 0.29) is 12.7 Å². The molecule has 0 saturated heterocycles. The Morgan fingerprint density at radius 1 is 1.16 bits per heavy atom. The first-order valence-electron chi connectivity index (χ1n) is 7.67. The van der Waals surface area contributed by atoms with Crippen LogP contribution >= 0.6 is 15.9 Å². The van der Waals surface area contributed by atoms with E-state index >= 15 is 0 Å². The number of aromatic nitrogens is 2. The summed E-state index contributed by atoms with van der Waals surface area (Å²) in [7, 11) is 0. The number of carbonyl (C=O) groups excluding carboxylic acids is 1. The third-order valence-corrected chi connectivity index (χ3v) is 4.37. The van der Waals surface area contributed by atoms with Gasteiger partial charge in [-0.05, 0) is 29.8 Å². The molecule has 1 amide bonds. The fraction of sp³-hybridized carbons (Fsp3) is 0.111. The van der Waals surface area contributed by atoms with Crippen LogP contribution in [-0.4, -0.2) is 22.5 Å². The summed E-state index contributed by atoms with van der Waals surface area (Å²) in [5.41, 5.74) is 1.52. The molecule has 1 aliphatic rings. The molecule has 1 aromatic heterocycles. The van der Waals surface area contributed by atoms with Gasteiger partial charge in [0.2, 0.25) is 6.79 Å². The SMILES string of the molecule is O=C(Nc1ccnn1Cc1ccc(Br)cc1)c1cccc2c1OCO2. The van der Waals surface area contributed by atoms with Crippen LogP contribution in [0.15, 0.2) is 59.2 Å². The number of nitrogens with zero attached hydrogens (tertiary/aromatic N) is 2. The van der Waals surface area contributed by atoms with E-state index < -0.39 is 0 Å². The van der Waals surface area contributed by atoms with Gasteiger partial charge in [-0.2, -0.15) is 5.10 Å². The molecule has 4 rings (SSSR count). The van der Waals surface area contributed by atoms with Crippen LogP contribution in [-0.2, 0) is 6.54 Å². The summed E-state index contributed by atoms with van der Waals surface area (Å²) in [5.74, 6) is 1.40. The standard InChI is InChI=1S/C18H14BrN3O3/c19-13-6-4-12(5-7-13)10-22-16(8-9-20-22)21-18(23)14-2-1-3-15-17(14)25-11-24-15/h1-9H,10-11H2,(H,21,23). The highest BCUT2D eigenvalue weighted by molar-refractivity contribution is 9.10. The third kappa shape index (κ3) is 3.23. The van der Waals surface area contributed by atoms with Gasteiger partial charge in [-0.15, -0.1) is 0 Å². The molecule has 0 bridgehead atoms. The van der Waals surface area contributed by atoms with Gasteiger partial charge in [-0.1, -0.05) is 34.1 Å². The number of ether oxygens (including phenoxy) is 2. The Hall–Kier alpha value is -2.80. The first-order chi connectivity index (χ1) is 12.2. The number of benzene rings is 2. The lowest BCUT2D eigenvalue weighted by molar-refractivity contribution is 0.102. The lowest BCUT2D eigenvalue weighted by Crippen LogP contribution is -2.16. The van der Waals surface area contributed by atoms with E-state index in [0.717, 1.165) is 10.0 Å². The minimum absolute atomic E-state index is 0.126. The first kappa shape index (κ1) is 15.7. The molecule has 0 spiro atoms. The number of rotatable bonds is 4. The van der Waals surface area contributed by atoms with Crippen molar-refractivity contribution in [1.82, 2.24) is 9.78 Å². The average molecular weight is 400 g/mol. The van der Waals surface area contributed by atoms with E-state index in [0.29, 0.717) is 29.4 Å². The van der Waals surface area contributed by atoms with Crippen molar-refractivity contribution in [2.45, 2.75) is 6.54 Å². The van der Waals surface area contributed by atoms with Gasteiger partial charge in [0.1, 0.15) is 5.82 Å². The molecule has 0 aliphatic carbocycles. The molecule has 1 N–H and O–H groups in total. The van der Waals surface area contributed by atoms with Crippen LogP contribution in [0.3, 0.4) is 0 Å². The number of fused-ring (bicyclic) bond motifs is 1. The predicted molar refractivity (Wildman–Crippen MR) is 96.0 cm³/mol. The van der Waals surface area contributed by atoms with Gasteiger partial charge in [-0.25, -0.2) is 4.68 Å². The number of halogens is 1. The molecule has 25 heavy (non-hydrogen) atoms. The van der Waals surface area contributed by atoms with Gasteiger partial charge in [0.05, 0.1) is 18.3 Å². The summed E-state index contributed by atoms with van der Waals surface area (Å²) in [6.07, 6.45) is 1.66. The molecule has 1 aliphatic heterocycles. The second-order valence-corrected chi connectivity index (χ2v) is 6.41. The topological polar surface area (TPSA) is 65.4 Å². The summed E-state index contributed by atoms with van der Waals surface area (Å²) in [6, 6.07) is 15.0. The van der Waals surface area contributed by atoms with Crippen LogP contribution in [0.2, 0.25) is 0 Å². The van der Waals surface area contributed by atoms with Crippen molar-refractivity contribution >= 4 is 27.7 Å². The highest BCUT2D eigenvalue weighted by Crippen LogP contribution is 2.35. The van der Waals surface area contributed by atoms with E-state index in [1.54, 1.807) is 35.1 Å². The Morgan fingerprint density at radius 2 is 2.00 bits per heavy atom. The van der Waals surface area contributed by atoms with Crippen molar-refractivity contribution in [3.63, 3.8) is 0 Å². The summed E-state index contributed by atoms with van der Waals surface area (Å²) in [4.78, 5) is 12.6. The predicted octanol–water partition coefficient (Wildman–Crippen LogP) is 3.67. The van der Waals surface area contributed by atoms with Gasteiger partial charge < -0.3 is 14.8 Å². The molecule has 3 aromatic rings. The summed E-state index contributed by atoms with van der Waals surface area (Å²) >= 11 is 3.42. The Balaban J connectivity index is 1.54. The van der Waals surface area contributed by atoms with Gasteiger partial charge in [0.15, 0.2) is 11.5 Å². The Bertz CT molecular complexity index is 922. The molecule has 7 heteroatoms. The number of anilines is 1. The molecule has 0 fully saturated rings.